The van der Waals surface area contributed by atoms with E-state index in [1.807, 2.05) is 29.2 Å². The van der Waals surface area contributed by atoms with Crippen molar-refractivity contribution < 1.29 is 9.53 Å². The summed E-state index contributed by atoms with van der Waals surface area (Å²) in [5, 5.41) is 8.66. The van der Waals surface area contributed by atoms with E-state index >= 15 is 0 Å². The van der Waals surface area contributed by atoms with Gasteiger partial charge in [-0.25, -0.2) is 0 Å². The second-order valence-electron chi connectivity index (χ2n) is 4.72. The normalized spacial score (nSPS) is 13.7. The fraction of sp³-hybridized carbons (Fsp3) is 0.467. The number of hydrogen-bond acceptors (Lipinski definition) is 3. The summed E-state index contributed by atoms with van der Waals surface area (Å²) in [6.45, 7) is 0.537. The van der Waals surface area contributed by atoms with Crippen molar-refractivity contribution >= 4 is 5.91 Å². The maximum Gasteiger partial charge on any atom is 0.227 e. The molecule has 1 aliphatic carbocycles. The van der Waals surface area contributed by atoms with Crippen LogP contribution in [0.15, 0.2) is 24.3 Å². The van der Waals surface area contributed by atoms with Crippen LogP contribution in [0.4, 0.5) is 0 Å². The van der Waals surface area contributed by atoms with Crippen LogP contribution in [-0.4, -0.2) is 30.5 Å². The number of carbonyl (C=O) groups excluding carboxylic acids is 1. The van der Waals surface area contributed by atoms with Crippen molar-refractivity contribution in [2.24, 2.45) is 0 Å². The van der Waals surface area contributed by atoms with E-state index in [0.29, 0.717) is 25.4 Å². The Hall–Kier alpha value is -2.02. The van der Waals surface area contributed by atoms with Crippen LogP contribution in [0.25, 0.3) is 0 Å². The van der Waals surface area contributed by atoms with Crippen LogP contribution in [-0.2, 0) is 11.2 Å². The first-order chi connectivity index (χ1) is 9.26. The molecule has 1 amide bonds. The molecule has 19 heavy (non-hydrogen) atoms. The Morgan fingerprint density at radius 3 is 2.84 bits per heavy atom. The maximum atomic E-state index is 12.3. The lowest BCUT2D eigenvalue weighted by molar-refractivity contribution is -0.131. The summed E-state index contributed by atoms with van der Waals surface area (Å²) in [6.07, 6.45) is 2.85. The molecule has 0 radical (unpaired) electrons. The van der Waals surface area contributed by atoms with Gasteiger partial charge in [-0.3, -0.25) is 4.79 Å². The lowest BCUT2D eigenvalue weighted by Gasteiger charge is -2.21. The first-order valence-corrected chi connectivity index (χ1v) is 6.54. The second kappa shape index (κ2) is 6.24. The van der Waals surface area contributed by atoms with Gasteiger partial charge < -0.3 is 9.64 Å². The van der Waals surface area contributed by atoms with E-state index < -0.39 is 0 Å². The highest BCUT2D eigenvalue weighted by Gasteiger charge is 2.32. The topological polar surface area (TPSA) is 53.3 Å². The summed E-state index contributed by atoms with van der Waals surface area (Å²) in [5.41, 5.74) is 0.901. The summed E-state index contributed by atoms with van der Waals surface area (Å²) < 4.78 is 5.26. The highest BCUT2D eigenvalue weighted by molar-refractivity contribution is 5.80. The standard InChI is InChI=1S/C15H18N2O2/c1-19-14-6-3-2-5-12(14)11-15(18)17(10-4-9-16)13-7-8-13/h2-3,5-6,13H,4,7-8,10-11H2,1H3. The number of carbonyl (C=O) groups is 1. The predicted octanol–water partition coefficient (Wildman–Crippen LogP) is 2.14. The molecule has 0 aromatic heterocycles. The molecule has 0 saturated heterocycles. The van der Waals surface area contributed by atoms with Crippen LogP contribution in [0.2, 0.25) is 0 Å². The quantitative estimate of drug-likeness (QED) is 0.785. The van der Waals surface area contributed by atoms with E-state index in [9.17, 15) is 4.79 Å². The summed E-state index contributed by atoms with van der Waals surface area (Å²) in [5.74, 6) is 0.828. The van der Waals surface area contributed by atoms with Crippen molar-refractivity contribution in [3.63, 3.8) is 0 Å². The van der Waals surface area contributed by atoms with E-state index in [4.69, 9.17) is 10.00 Å². The van der Waals surface area contributed by atoms with E-state index in [-0.39, 0.29) is 5.91 Å². The molecule has 1 fully saturated rings. The first-order valence-electron chi connectivity index (χ1n) is 6.54. The fourth-order valence-electron chi connectivity index (χ4n) is 2.18. The average molecular weight is 258 g/mol. The zero-order chi connectivity index (χ0) is 13.7. The lowest BCUT2D eigenvalue weighted by Crippen LogP contribution is -2.35. The number of ether oxygens (including phenoxy) is 1. The number of amides is 1. The second-order valence-corrected chi connectivity index (χ2v) is 4.72. The van der Waals surface area contributed by atoms with Crippen LogP contribution in [0.1, 0.15) is 24.8 Å². The molecular weight excluding hydrogens is 240 g/mol. The zero-order valence-corrected chi connectivity index (χ0v) is 11.1. The van der Waals surface area contributed by atoms with Gasteiger partial charge in [0.2, 0.25) is 5.91 Å². The molecule has 1 saturated carbocycles. The SMILES string of the molecule is COc1ccccc1CC(=O)N(CCC#N)C1CC1. The molecule has 0 aliphatic heterocycles. The molecular formula is C15H18N2O2. The highest BCUT2D eigenvalue weighted by Crippen LogP contribution is 2.28. The number of para-hydroxylation sites is 1. The average Bonchev–Trinajstić information content (AvgIpc) is 3.24. The molecule has 0 N–H and O–H groups in total. The van der Waals surface area contributed by atoms with E-state index in [1.54, 1.807) is 7.11 Å². The summed E-state index contributed by atoms with van der Waals surface area (Å²) in [6, 6.07) is 10.0. The van der Waals surface area contributed by atoms with Crippen LogP contribution < -0.4 is 4.74 Å². The molecule has 4 heteroatoms. The van der Waals surface area contributed by atoms with Crippen LogP contribution in [0, 0.1) is 11.3 Å². The van der Waals surface area contributed by atoms with Crippen molar-refractivity contribution in [1.29, 1.82) is 5.26 Å². The zero-order valence-electron chi connectivity index (χ0n) is 11.1. The molecule has 1 aromatic carbocycles. The third-order valence-corrected chi connectivity index (χ3v) is 3.31. The van der Waals surface area contributed by atoms with Crippen molar-refractivity contribution in [3.8, 4) is 11.8 Å². The van der Waals surface area contributed by atoms with Crippen LogP contribution in [0.5, 0.6) is 5.75 Å². The largest absolute Gasteiger partial charge is 0.496 e. The van der Waals surface area contributed by atoms with Crippen molar-refractivity contribution in [2.45, 2.75) is 31.7 Å². The van der Waals surface area contributed by atoms with Gasteiger partial charge in [0, 0.05) is 18.2 Å². The Bertz CT molecular complexity index is 489. The monoisotopic (exact) mass is 258 g/mol. The summed E-state index contributed by atoms with van der Waals surface area (Å²) >= 11 is 0. The van der Waals surface area contributed by atoms with Crippen molar-refractivity contribution in [2.75, 3.05) is 13.7 Å². The number of rotatable bonds is 6. The van der Waals surface area contributed by atoms with Gasteiger partial charge >= 0.3 is 0 Å². The van der Waals surface area contributed by atoms with Crippen LogP contribution >= 0.6 is 0 Å². The Balaban J connectivity index is 2.04. The Labute approximate surface area is 113 Å². The minimum Gasteiger partial charge on any atom is -0.496 e. The predicted molar refractivity (Wildman–Crippen MR) is 71.7 cm³/mol. The molecule has 1 aromatic rings. The Morgan fingerprint density at radius 2 is 2.21 bits per heavy atom. The Kier molecular flexibility index (Phi) is 4.40. The van der Waals surface area contributed by atoms with E-state index in [1.165, 1.54) is 0 Å². The molecule has 0 heterocycles. The first kappa shape index (κ1) is 13.4. The molecule has 100 valence electrons. The van der Waals surface area contributed by atoms with Gasteiger partial charge in [0.1, 0.15) is 5.75 Å². The van der Waals surface area contributed by atoms with Gasteiger partial charge in [-0.15, -0.1) is 0 Å². The third kappa shape index (κ3) is 3.47. The molecule has 0 bridgehead atoms. The minimum absolute atomic E-state index is 0.0854. The summed E-state index contributed by atoms with van der Waals surface area (Å²) in [4.78, 5) is 14.2. The third-order valence-electron chi connectivity index (χ3n) is 3.31. The molecule has 2 rings (SSSR count). The van der Waals surface area contributed by atoms with Gasteiger partial charge in [-0.2, -0.15) is 5.26 Å². The molecule has 0 atom stereocenters. The van der Waals surface area contributed by atoms with Gasteiger partial charge in [-0.1, -0.05) is 18.2 Å². The van der Waals surface area contributed by atoms with Crippen molar-refractivity contribution in [1.82, 2.24) is 4.90 Å². The summed E-state index contributed by atoms with van der Waals surface area (Å²) in [7, 11) is 1.61. The number of methoxy groups -OCH3 is 1. The van der Waals surface area contributed by atoms with Gasteiger partial charge in [0.15, 0.2) is 0 Å². The van der Waals surface area contributed by atoms with Gasteiger partial charge in [-0.05, 0) is 18.9 Å². The van der Waals surface area contributed by atoms with Crippen LogP contribution in [0.3, 0.4) is 0 Å². The van der Waals surface area contributed by atoms with E-state index in [0.717, 1.165) is 24.2 Å². The maximum absolute atomic E-state index is 12.3. The molecule has 0 unspecified atom stereocenters. The number of benzene rings is 1. The molecule has 1 aliphatic rings. The molecule has 4 nitrogen and oxygen atoms in total. The smallest absolute Gasteiger partial charge is 0.227 e. The Morgan fingerprint density at radius 1 is 1.47 bits per heavy atom. The van der Waals surface area contributed by atoms with Gasteiger partial charge in [0.05, 0.1) is 26.0 Å². The van der Waals surface area contributed by atoms with Crippen molar-refractivity contribution in [3.05, 3.63) is 29.8 Å². The lowest BCUT2D eigenvalue weighted by atomic mass is 10.1. The number of nitriles is 1. The minimum atomic E-state index is 0.0854. The number of nitrogens with zero attached hydrogens (tertiary/aromatic N) is 2. The van der Waals surface area contributed by atoms with E-state index in [2.05, 4.69) is 6.07 Å². The van der Waals surface area contributed by atoms with Gasteiger partial charge in [0.25, 0.3) is 0 Å². The fourth-order valence-corrected chi connectivity index (χ4v) is 2.18. The molecule has 0 spiro atoms. The highest BCUT2D eigenvalue weighted by atomic mass is 16.5. The number of hydrogen-bond donors (Lipinski definition) is 0.